The number of aromatic nitrogens is 1. The molecule has 30 heavy (non-hydrogen) atoms. The number of pyridine rings is 1. The fourth-order valence-corrected chi connectivity index (χ4v) is 3.15. The number of piperazine rings is 1. The van der Waals surface area contributed by atoms with Crippen LogP contribution in [-0.4, -0.2) is 60.0 Å². The Morgan fingerprint density at radius 2 is 1.67 bits per heavy atom. The van der Waals surface area contributed by atoms with Gasteiger partial charge in [-0.25, -0.2) is 9.78 Å². The number of benzene rings is 1. The maximum Gasteiger partial charge on any atom is 0.318 e. The highest BCUT2D eigenvalue weighted by Crippen LogP contribution is 2.16. The van der Waals surface area contributed by atoms with Crippen LogP contribution in [0.15, 0.2) is 48.7 Å². The molecule has 1 aromatic carbocycles. The van der Waals surface area contributed by atoms with Crippen molar-refractivity contribution in [3.63, 3.8) is 0 Å². The van der Waals surface area contributed by atoms with E-state index in [-0.39, 0.29) is 17.8 Å². The number of anilines is 3. The molecular formula is C21H26N6O3. The summed E-state index contributed by atoms with van der Waals surface area (Å²) in [6, 6.07) is 11.6. The van der Waals surface area contributed by atoms with E-state index in [0.717, 1.165) is 5.82 Å². The topological polar surface area (TPSA) is 107 Å². The van der Waals surface area contributed by atoms with Gasteiger partial charge in [0.05, 0.1) is 0 Å². The third kappa shape index (κ3) is 5.69. The van der Waals surface area contributed by atoms with Gasteiger partial charge in [0.15, 0.2) is 0 Å². The Morgan fingerprint density at radius 3 is 2.30 bits per heavy atom. The lowest BCUT2D eigenvalue weighted by Gasteiger charge is -2.35. The SMILES string of the molecule is CC(=O)Nc1cccc(NC(=O)C(C)NC(=O)N2CCN(c3ccccn3)CC2)c1. The van der Waals surface area contributed by atoms with E-state index in [1.807, 2.05) is 18.2 Å². The first-order chi connectivity index (χ1) is 14.4. The molecule has 3 N–H and O–H groups in total. The molecule has 1 unspecified atom stereocenters. The summed E-state index contributed by atoms with van der Waals surface area (Å²) in [4.78, 5) is 44.3. The third-order valence-corrected chi connectivity index (χ3v) is 4.72. The van der Waals surface area contributed by atoms with Crippen molar-refractivity contribution >= 4 is 35.0 Å². The number of carbonyl (C=O) groups excluding carboxylic acids is 3. The van der Waals surface area contributed by atoms with Gasteiger partial charge in [-0.15, -0.1) is 0 Å². The van der Waals surface area contributed by atoms with Gasteiger partial charge in [0.2, 0.25) is 11.8 Å². The molecule has 2 aromatic rings. The molecule has 9 nitrogen and oxygen atoms in total. The van der Waals surface area contributed by atoms with E-state index >= 15 is 0 Å². The van der Waals surface area contributed by atoms with Crippen molar-refractivity contribution in [2.24, 2.45) is 0 Å². The normalized spacial score (nSPS) is 14.6. The predicted molar refractivity (Wildman–Crippen MR) is 115 cm³/mol. The van der Waals surface area contributed by atoms with E-state index < -0.39 is 6.04 Å². The van der Waals surface area contributed by atoms with Crippen LogP contribution in [0.2, 0.25) is 0 Å². The standard InChI is InChI=1S/C21H26N6O3/c1-15(20(29)25-18-7-5-6-17(14-18)24-16(2)28)23-21(30)27-12-10-26(11-13-27)19-8-3-4-9-22-19/h3-9,14-15H,10-13H2,1-2H3,(H,23,30)(H,24,28)(H,25,29). The van der Waals surface area contributed by atoms with Crippen molar-refractivity contribution in [3.8, 4) is 0 Å². The van der Waals surface area contributed by atoms with Gasteiger partial charge in [0, 0.05) is 50.7 Å². The molecule has 1 aliphatic heterocycles. The molecule has 2 heterocycles. The second-order valence-corrected chi connectivity index (χ2v) is 7.08. The number of amides is 4. The molecule has 1 fully saturated rings. The second kappa shape index (κ2) is 9.73. The van der Waals surface area contributed by atoms with Crippen molar-refractivity contribution in [2.45, 2.75) is 19.9 Å². The number of nitrogens with one attached hydrogen (secondary N) is 3. The molecule has 4 amide bonds. The van der Waals surface area contributed by atoms with Crippen LogP contribution in [0.1, 0.15) is 13.8 Å². The summed E-state index contributed by atoms with van der Waals surface area (Å²) >= 11 is 0. The van der Waals surface area contributed by atoms with Gasteiger partial charge in [0.1, 0.15) is 11.9 Å². The molecule has 3 rings (SSSR count). The molecule has 9 heteroatoms. The number of hydrogen-bond acceptors (Lipinski definition) is 5. The first-order valence-corrected chi connectivity index (χ1v) is 9.82. The van der Waals surface area contributed by atoms with Crippen molar-refractivity contribution in [2.75, 3.05) is 41.7 Å². The lowest BCUT2D eigenvalue weighted by molar-refractivity contribution is -0.117. The van der Waals surface area contributed by atoms with Crippen LogP contribution in [0.3, 0.4) is 0 Å². The second-order valence-electron chi connectivity index (χ2n) is 7.08. The molecule has 0 bridgehead atoms. The first kappa shape index (κ1) is 21.1. The summed E-state index contributed by atoms with van der Waals surface area (Å²) in [5.41, 5.74) is 1.12. The lowest BCUT2D eigenvalue weighted by Crippen LogP contribution is -2.54. The molecule has 1 saturated heterocycles. The van der Waals surface area contributed by atoms with Gasteiger partial charge in [-0.3, -0.25) is 9.59 Å². The van der Waals surface area contributed by atoms with E-state index in [9.17, 15) is 14.4 Å². The van der Waals surface area contributed by atoms with Crippen molar-refractivity contribution in [1.82, 2.24) is 15.2 Å². The minimum atomic E-state index is -0.712. The summed E-state index contributed by atoms with van der Waals surface area (Å²) < 4.78 is 0. The Labute approximate surface area is 175 Å². The van der Waals surface area contributed by atoms with E-state index in [0.29, 0.717) is 37.6 Å². The van der Waals surface area contributed by atoms with Gasteiger partial charge in [-0.1, -0.05) is 12.1 Å². The maximum absolute atomic E-state index is 12.5. The average Bonchev–Trinajstić information content (AvgIpc) is 2.74. The van der Waals surface area contributed by atoms with Crippen LogP contribution >= 0.6 is 0 Å². The van der Waals surface area contributed by atoms with Gasteiger partial charge in [0.25, 0.3) is 0 Å². The zero-order valence-electron chi connectivity index (χ0n) is 17.1. The average molecular weight is 410 g/mol. The van der Waals surface area contributed by atoms with E-state index in [1.54, 1.807) is 42.3 Å². The molecule has 1 aliphatic rings. The van der Waals surface area contributed by atoms with Gasteiger partial charge >= 0.3 is 6.03 Å². The van der Waals surface area contributed by atoms with Gasteiger partial charge in [-0.05, 0) is 37.3 Å². The van der Waals surface area contributed by atoms with Crippen LogP contribution in [0.5, 0.6) is 0 Å². The largest absolute Gasteiger partial charge is 0.353 e. The molecule has 0 saturated carbocycles. The quantitative estimate of drug-likeness (QED) is 0.698. The molecule has 0 radical (unpaired) electrons. The van der Waals surface area contributed by atoms with E-state index in [2.05, 4.69) is 25.8 Å². The maximum atomic E-state index is 12.5. The van der Waals surface area contributed by atoms with Crippen molar-refractivity contribution < 1.29 is 14.4 Å². The zero-order chi connectivity index (χ0) is 21.5. The van der Waals surface area contributed by atoms with E-state index in [1.165, 1.54) is 6.92 Å². The Kier molecular flexibility index (Phi) is 6.84. The minimum absolute atomic E-state index is 0.192. The van der Waals surface area contributed by atoms with Gasteiger partial charge < -0.3 is 25.8 Å². The van der Waals surface area contributed by atoms with Crippen LogP contribution < -0.4 is 20.9 Å². The Hall–Kier alpha value is -3.62. The van der Waals surface area contributed by atoms with Crippen molar-refractivity contribution in [1.29, 1.82) is 0 Å². The number of rotatable bonds is 5. The minimum Gasteiger partial charge on any atom is -0.353 e. The summed E-state index contributed by atoms with van der Waals surface area (Å²) in [7, 11) is 0. The monoisotopic (exact) mass is 410 g/mol. The predicted octanol–water partition coefficient (Wildman–Crippen LogP) is 1.90. The van der Waals surface area contributed by atoms with Crippen LogP contribution in [0.25, 0.3) is 0 Å². The number of nitrogens with zero attached hydrogens (tertiary/aromatic N) is 3. The smallest absolute Gasteiger partial charge is 0.318 e. The molecule has 1 atom stereocenters. The molecule has 1 aromatic heterocycles. The first-order valence-electron chi connectivity index (χ1n) is 9.82. The summed E-state index contributed by atoms with van der Waals surface area (Å²) in [5.74, 6) is 0.365. The Bertz CT molecular complexity index is 897. The highest BCUT2D eigenvalue weighted by molar-refractivity contribution is 5.97. The Balaban J connectivity index is 1.48. The molecule has 158 valence electrons. The van der Waals surface area contributed by atoms with E-state index in [4.69, 9.17) is 0 Å². The Morgan fingerprint density at radius 1 is 0.967 bits per heavy atom. The van der Waals surface area contributed by atoms with Gasteiger partial charge in [-0.2, -0.15) is 0 Å². The number of carbonyl (C=O) groups is 3. The third-order valence-electron chi connectivity index (χ3n) is 4.72. The summed E-state index contributed by atoms with van der Waals surface area (Å²) in [5, 5.41) is 8.16. The molecule has 0 aliphatic carbocycles. The highest BCUT2D eigenvalue weighted by atomic mass is 16.2. The highest BCUT2D eigenvalue weighted by Gasteiger charge is 2.24. The van der Waals surface area contributed by atoms with Crippen LogP contribution in [0.4, 0.5) is 22.0 Å². The molecule has 0 spiro atoms. The number of hydrogen-bond donors (Lipinski definition) is 3. The molecular weight excluding hydrogens is 384 g/mol. The lowest BCUT2D eigenvalue weighted by atomic mass is 10.2. The van der Waals surface area contributed by atoms with Crippen LogP contribution in [-0.2, 0) is 9.59 Å². The summed E-state index contributed by atoms with van der Waals surface area (Å²) in [6.07, 6.45) is 1.75. The summed E-state index contributed by atoms with van der Waals surface area (Å²) in [6.45, 7) is 5.51. The number of urea groups is 1. The fourth-order valence-electron chi connectivity index (χ4n) is 3.15. The zero-order valence-corrected chi connectivity index (χ0v) is 17.1. The fraction of sp³-hybridized carbons (Fsp3) is 0.333. The van der Waals surface area contributed by atoms with Crippen molar-refractivity contribution in [3.05, 3.63) is 48.7 Å². The van der Waals surface area contributed by atoms with Crippen LogP contribution in [0, 0.1) is 0 Å².